The zero-order chi connectivity index (χ0) is 14.0. The molecule has 0 fully saturated rings. The van der Waals surface area contributed by atoms with Crippen molar-refractivity contribution in [3.63, 3.8) is 0 Å². The summed E-state index contributed by atoms with van der Waals surface area (Å²) >= 11 is 7.35. The molecule has 1 unspecified atom stereocenters. The number of benzene rings is 1. The van der Waals surface area contributed by atoms with Crippen LogP contribution in [0.2, 0.25) is 5.02 Å². The largest absolute Gasteiger partial charge is 0.271 e. The fourth-order valence-electron chi connectivity index (χ4n) is 1.84. The lowest BCUT2D eigenvalue weighted by molar-refractivity contribution is 0.510. The van der Waals surface area contributed by atoms with E-state index in [1.807, 2.05) is 13.8 Å². The van der Waals surface area contributed by atoms with Gasteiger partial charge in [0, 0.05) is 21.9 Å². The first-order valence-electron chi connectivity index (χ1n) is 5.85. The van der Waals surface area contributed by atoms with Gasteiger partial charge >= 0.3 is 0 Å². The van der Waals surface area contributed by atoms with Gasteiger partial charge in [-0.1, -0.05) is 17.7 Å². The van der Waals surface area contributed by atoms with Crippen LogP contribution in [0.4, 0.5) is 4.39 Å². The quantitative estimate of drug-likeness (QED) is 0.673. The van der Waals surface area contributed by atoms with E-state index < -0.39 is 0 Å². The average Bonchev–Trinajstić information content (AvgIpc) is 2.66. The summed E-state index contributed by atoms with van der Waals surface area (Å²) in [6.45, 7) is 3.98. The molecule has 0 aliphatic heterocycles. The molecule has 6 heteroatoms. The van der Waals surface area contributed by atoms with E-state index in [1.54, 1.807) is 23.5 Å². The lowest BCUT2D eigenvalue weighted by Crippen LogP contribution is -2.30. The number of halogens is 2. The highest BCUT2D eigenvalue weighted by Crippen LogP contribution is 2.26. The smallest absolute Gasteiger partial charge is 0.129 e. The second-order valence-electron chi connectivity index (χ2n) is 4.34. The lowest BCUT2D eigenvalue weighted by Gasteiger charge is -2.15. The Morgan fingerprint density at radius 3 is 2.74 bits per heavy atom. The summed E-state index contributed by atoms with van der Waals surface area (Å²) < 4.78 is 13.9. The molecule has 3 nitrogen and oxygen atoms in total. The van der Waals surface area contributed by atoms with E-state index in [4.69, 9.17) is 17.4 Å². The molecule has 1 aromatic carbocycles. The molecule has 0 aliphatic carbocycles. The Hall–Kier alpha value is -1.01. The molecule has 0 bridgehead atoms. The minimum atomic E-state index is -0.361. The van der Waals surface area contributed by atoms with Gasteiger partial charge in [0.25, 0.3) is 0 Å². The number of hydrogen-bond acceptors (Lipinski definition) is 4. The number of hydrogen-bond donors (Lipinski definition) is 2. The highest BCUT2D eigenvalue weighted by molar-refractivity contribution is 7.11. The molecular weight excluding hydrogens is 285 g/mol. The van der Waals surface area contributed by atoms with Crippen LogP contribution in [0.5, 0.6) is 0 Å². The Balaban J connectivity index is 2.24. The van der Waals surface area contributed by atoms with E-state index in [-0.39, 0.29) is 11.9 Å². The van der Waals surface area contributed by atoms with Gasteiger partial charge in [0.05, 0.1) is 16.7 Å². The van der Waals surface area contributed by atoms with E-state index in [0.717, 1.165) is 10.7 Å². The molecule has 0 saturated heterocycles. The van der Waals surface area contributed by atoms with E-state index in [0.29, 0.717) is 17.0 Å². The molecule has 1 aromatic heterocycles. The molecule has 0 radical (unpaired) electrons. The van der Waals surface area contributed by atoms with Crippen molar-refractivity contribution in [1.29, 1.82) is 0 Å². The van der Waals surface area contributed by atoms with Crippen LogP contribution in [0.25, 0.3) is 0 Å². The molecule has 2 rings (SSSR count). The predicted octanol–water partition coefficient (Wildman–Crippen LogP) is 3.30. The molecule has 2 aromatic rings. The van der Waals surface area contributed by atoms with E-state index >= 15 is 0 Å². The maximum Gasteiger partial charge on any atom is 0.129 e. The topological polar surface area (TPSA) is 50.9 Å². The molecule has 19 heavy (non-hydrogen) atoms. The first-order valence-corrected chi connectivity index (χ1v) is 7.04. The fourth-order valence-corrected chi connectivity index (χ4v) is 2.98. The second kappa shape index (κ2) is 5.96. The molecule has 3 N–H and O–H groups in total. The summed E-state index contributed by atoms with van der Waals surface area (Å²) in [5.41, 5.74) is 4.14. The van der Waals surface area contributed by atoms with Crippen molar-refractivity contribution in [3.05, 3.63) is 50.2 Å². The highest BCUT2D eigenvalue weighted by atomic mass is 35.5. The molecular formula is C13H15ClFN3S. The van der Waals surface area contributed by atoms with Crippen molar-refractivity contribution in [2.75, 3.05) is 0 Å². The van der Waals surface area contributed by atoms with Crippen LogP contribution in [0.1, 0.15) is 27.2 Å². The summed E-state index contributed by atoms with van der Waals surface area (Å²) in [5.74, 6) is 5.17. The Kier molecular flexibility index (Phi) is 4.52. The molecule has 102 valence electrons. The molecule has 0 spiro atoms. The Bertz CT molecular complexity index is 566. The maximum absolute atomic E-state index is 13.9. The van der Waals surface area contributed by atoms with Gasteiger partial charge in [0.15, 0.2) is 0 Å². The van der Waals surface area contributed by atoms with Crippen molar-refractivity contribution in [2.45, 2.75) is 26.3 Å². The number of rotatable bonds is 4. The van der Waals surface area contributed by atoms with Gasteiger partial charge in [-0.05, 0) is 26.0 Å². The monoisotopic (exact) mass is 299 g/mol. The van der Waals surface area contributed by atoms with Crippen molar-refractivity contribution < 1.29 is 4.39 Å². The normalized spacial score (nSPS) is 12.7. The van der Waals surface area contributed by atoms with Crippen LogP contribution in [0.3, 0.4) is 0 Å². The van der Waals surface area contributed by atoms with Crippen molar-refractivity contribution in [2.24, 2.45) is 5.84 Å². The summed E-state index contributed by atoms with van der Waals surface area (Å²) in [6.07, 6.45) is 0.550. The van der Waals surface area contributed by atoms with Gasteiger partial charge in [-0.15, -0.1) is 11.3 Å². The Labute approximate surface area is 120 Å². The van der Waals surface area contributed by atoms with E-state index in [2.05, 4.69) is 10.4 Å². The number of aromatic nitrogens is 1. The molecule has 0 saturated carbocycles. The van der Waals surface area contributed by atoms with Crippen LogP contribution >= 0.6 is 22.9 Å². The van der Waals surface area contributed by atoms with Crippen LogP contribution in [-0.2, 0) is 6.42 Å². The first kappa shape index (κ1) is 14.4. The summed E-state index contributed by atoms with van der Waals surface area (Å²) in [7, 11) is 0. The van der Waals surface area contributed by atoms with Gasteiger partial charge in [-0.3, -0.25) is 11.3 Å². The maximum atomic E-state index is 13.9. The predicted molar refractivity (Wildman–Crippen MR) is 76.8 cm³/mol. The number of nitrogens with one attached hydrogen (secondary N) is 1. The number of thiazole rings is 1. The van der Waals surface area contributed by atoms with Crippen LogP contribution in [0, 0.1) is 19.7 Å². The van der Waals surface area contributed by atoms with Gasteiger partial charge in [-0.25, -0.2) is 9.37 Å². The SMILES string of the molecule is Cc1nc(CC(NN)c2ccc(Cl)cc2F)sc1C. The average molecular weight is 300 g/mol. The third kappa shape index (κ3) is 3.30. The number of nitrogens with zero attached hydrogens (tertiary/aromatic N) is 1. The summed E-state index contributed by atoms with van der Waals surface area (Å²) in [6, 6.07) is 4.28. The molecule has 0 amide bonds. The third-order valence-electron chi connectivity index (χ3n) is 2.99. The van der Waals surface area contributed by atoms with Crippen molar-refractivity contribution in [1.82, 2.24) is 10.4 Å². The highest BCUT2D eigenvalue weighted by Gasteiger charge is 2.17. The van der Waals surface area contributed by atoms with Crippen molar-refractivity contribution in [3.8, 4) is 0 Å². The molecule has 1 heterocycles. The van der Waals surface area contributed by atoms with Crippen molar-refractivity contribution >= 4 is 22.9 Å². The zero-order valence-electron chi connectivity index (χ0n) is 10.7. The number of aryl methyl sites for hydroxylation is 2. The lowest BCUT2D eigenvalue weighted by atomic mass is 10.0. The Morgan fingerprint density at radius 2 is 2.21 bits per heavy atom. The van der Waals surface area contributed by atoms with Gasteiger partial charge < -0.3 is 0 Å². The fraction of sp³-hybridized carbons (Fsp3) is 0.308. The second-order valence-corrected chi connectivity index (χ2v) is 6.06. The Morgan fingerprint density at radius 1 is 1.47 bits per heavy atom. The van der Waals surface area contributed by atoms with E-state index in [1.165, 1.54) is 10.9 Å². The number of hydrazine groups is 1. The summed E-state index contributed by atoms with van der Waals surface area (Å²) in [4.78, 5) is 5.61. The zero-order valence-corrected chi connectivity index (χ0v) is 12.3. The van der Waals surface area contributed by atoms with Gasteiger partial charge in [0.2, 0.25) is 0 Å². The molecule has 1 atom stereocenters. The molecule has 0 aliphatic rings. The summed E-state index contributed by atoms with van der Waals surface area (Å²) in [5, 5.41) is 1.31. The van der Waals surface area contributed by atoms with Crippen LogP contribution in [-0.4, -0.2) is 4.98 Å². The van der Waals surface area contributed by atoms with Gasteiger partial charge in [-0.2, -0.15) is 0 Å². The first-order chi connectivity index (χ1) is 9.01. The number of nitrogens with two attached hydrogens (primary N) is 1. The minimum Gasteiger partial charge on any atom is -0.271 e. The van der Waals surface area contributed by atoms with Crippen LogP contribution < -0.4 is 11.3 Å². The van der Waals surface area contributed by atoms with Crippen LogP contribution in [0.15, 0.2) is 18.2 Å². The van der Waals surface area contributed by atoms with Gasteiger partial charge in [0.1, 0.15) is 5.82 Å². The van der Waals surface area contributed by atoms with E-state index in [9.17, 15) is 4.39 Å². The minimum absolute atomic E-state index is 0.317. The standard InChI is InChI=1S/C13H15ClFN3S/c1-7-8(2)19-13(17-7)6-12(18-16)10-4-3-9(14)5-11(10)15/h3-5,12,18H,6,16H2,1-2H3. The third-order valence-corrected chi connectivity index (χ3v) is 4.32.